The average molecular weight is 384 g/mol. The minimum Gasteiger partial charge on any atom is -0.348 e. The van der Waals surface area contributed by atoms with E-state index in [2.05, 4.69) is 15.1 Å². The normalized spacial score (nSPS) is 22.9. The fraction of sp³-hybridized carbons (Fsp3) is 0.600. The van der Waals surface area contributed by atoms with Gasteiger partial charge in [-0.05, 0) is 26.2 Å². The Hall–Kier alpha value is -2.64. The highest BCUT2D eigenvalue weighted by molar-refractivity contribution is 5.95. The van der Waals surface area contributed by atoms with Gasteiger partial charge in [-0.15, -0.1) is 0 Å². The molecule has 150 valence electrons. The average Bonchev–Trinajstić information content (AvgIpc) is 3.31. The number of piperidine rings is 2. The Balaban J connectivity index is 1.45. The molecule has 2 aromatic rings. The van der Waals surface area contributed by atoms with Gasteiger partial charge in [-0.2, -0.15) is 5.10 Å². The van der Waals surface area contributed by atoms with Crippen LogP contribution < -0.4 is 0 Å². The second-order valence-electron chi connectivity index (χ2n) is 8.27. The summed E-state index contributed by atoms with van der Waals surface area (Å²) in [5.74, 6) is 0.280. The van der Waals surface area contributed by atoms with Crippen LogP contribution >= 0.6 is 0 Å². The van der Waals surface area contributed by atoms with Crippen molar-refractivity contribution in [2.24, 2.45) is 12.5 Å². The van der Waals surface area contributed by atoms with Crippen molar-refractivity contribution in [1.82, 2.24) is 29.5 Å². The molecule has 4 heterocycles. The first-order valence-corrected chi connectivity index (χ1v) is 10.0. The van der Waals surface area contributed by atoms with Crippen LogP contribution in [0.1, 0.15) is 47.4 Å². The first-order chi connectivity index (χ1) is 13.5. The molecule has 0 aromatic carbocycles. The Bertz CT molecular complexity index is 858. The minimum atomic E-state index is 0.00587. The molecular weight excluding hydrogens is 356 g/mol. The molecule has 8 nitrogen and oxygen atoms in total. The molecule has 1 spiro atoms. The molecule has 28 heavy (non-hydrogen) atoms. The van der Waals surface area contributed by atoms with E-state index in [0.717, 1.165) is 50.2 Å². The van der Waals surface area contributed by atoms with Gasteiger partial charge in [0.1, 0.15) is 0 Å². The number of aromatic amines is 1. The van der Waals surface area contributed by atoms with Gasteiger partial charge in [-0.1, -0.05) is 0 Å². The van der Waals surface area contributed by atoms with Gasteiger partial charge in [0.15, 0.2) is 0 Å². The number of rotatable bonds is 4. The smallest absolute Gasteiger partial charge is 0.257 e. The Labute approximate surface area is 164 Å². The number of likely N-dealkylation sites (tertiary alicyclic amines) is 2. The van der Waals surface area contributed by atoms with Crippen LogP contribution in [-0.2, 0) is 18.3 Å². The monoisotopic (exact) mass is 384 g/mol. The molecule has 8 heteroatoms. The lowest BCUT2D eigenvalue weighted by Crippen LogP contribution is -2.55. The highest BCUT2D eigenvalue weighted by Crippen LogP contribution is 2.39. The maximum atomic E-state index is 13.1. The lowest BCUT2D eigenvalue weighted by molar-refractivity contribution is -0.138. The first-order valence-electron chi connectivity index (χ1n) is 10.0. The van der Waals surface area contributed by atoms with Crippen molar-refractivity contribution < 1.29 is 9.59 Å². The van der Waals surface area contributed by atoms with Crippen LogP contribution in [-0.4, -0.2) is 67.5 Å². The van der Waals surface area contributed by atoms with E-state index >= 15 is 0 Å². The van der Waals surface area contributed by atoms with Crippen LogP contribution in [0.5, 0.6) is 0 Å². The fourth-order valence-electron chi connectivity index (χ4n) is 4.68. The van der Waals surface area contributed by atoms with Crippen LogP contribution in [0.2, 0.25) is 0 Å². The number of imidazole rings is 1. The summed E-state index contributed by atoms with van der Waals surface area (Å²) in [7, 11) is 1.84. The van der Waals surface area contributed by atoms with E-state index in [9.17, 15) is 9.59 Å². The zero-order chi connectivity index (χ0) is 19.7. The van der Waals surface area contributed by atoms with Gasteiger partial charge in [-0.3, -0.25) is 14.3 Å². The number of amides is 2. The Kier molecular flexibility index (Phi) is 4.95. The third-order valence-corrected chi connectivity index (χ3v) is 6.15. The van der Waals surface area contributed by atoms with Gasteiger partial charge in [0.25, 0.3) is 5.91 Å². The summed E-state index contributed by atoms with van der Waals surface area (Å²) in [6, 6.07) is 0. The summed E-state index contributed by atoms with van der Waals surface area (Å²) >= 11 is 0. The summed E-state index contributed by atoms with van der Waals surface area (Å²) in [5.41, 5.74) is 2.50. The Morgan fingerprint density at radius 2 is 2.18 bits per heavy atom. The molecule has 2 aromatic heterocycles. The quantitative estimate of drug-likeness (QED) is 0.866. The Morgan fingerprint density at radius 1 is 1.32 bits per heavy atom. The topological polar surface area (TPSA) is 87.1 Å². The molecular formula is C20H28N6O2. The molecule has 4 rings (SSSR count). The van der Waals surface area contributed by atoms with Crippen molar-refractivity contribution in [2.75, 3.05) is 26.2 Å². The standard InChI is InChI=1S/C20H28N6O2/c1-15-17(11-24(2)23-15)19(28)26-8-3-6-20(13-26)7-4-18(27)25(12-20)9-5-16-10-21-14-22-16/h10-11,14H,3-9,12-13H2,1-2H3,(H,21,22). The van der Waals surface area contributed by atoms with Gasteiger partial charge in [0.2, 0.25) is 5.91 Å². The molecule has 0 radical (unpaired) electrons. The van der Waals surface area contributed by atoms with E-state index in [4.69, 9.17) is 0 Å². The van der Waals surface area contributed by atoms with Gasteiger partial charge < -0.3 is 14.8 Å². The third kappa shape index (κ3) is 3.68. The highest BCUT2D eigenvalue weighted by Gasteiger charge is 2.43. The van der Waals surface area contributed by atoms with Crippen molar-refractivity contribution in [3.05, 3.63) is 35.7 Å². The first kappa shape index (κ1) is 18.7. The lowest BCUT2D eigenvalue weighted by atomic mass is 9.73. The number of H-pyrrole nitrogens is 1. The molecule has 2 aliphatic heterocycles. The van der Waals surface area contributed by atoms with Crippen molar-refractivity contribution in [3.8, 4) is 0 Å². The number of carbonyl (C=O) groups is 2. The number of carbonyl (C=O) groups excluding carboxylic acids is 2. The van der Waals surface area contributed by atoms with Crippen LogP contribution in [0.25, 0.3) is 0 Å². The second-order valence-corrected chi connectivity index (χ2v) is 8.27. The van der Waals surface area contributed by atoms with E-state index in [1.54, 1.807) is 23.4 Å². The van der Waals surface area contributed by atoms with E-state index in [-0.39, 0.29) is 17.2 Å². The van der Waals surface area contributed by atoms with E-state index in [0.29, 0.717) is 25.1 Å². The number of aromatic nitrogens is 4. The van der Waals surface area contributed by atoms with Gasteiger partial charge in [-0.25, -0.2) is 4.98 Å². The van der Waals surface area contributed by atoms with Gasteiger partial charge in [0.05, 0.1) is 17.6 Å². The zero-order valence-corrected chi connectivity index (χ0v) is 16.6. The molecule has 0 aliphatic carbocycles. The summed E-state index contributed by atoms with van der Waals surface area (Å²) < 4.78 is 1.69. The lowest BCUT2D eigenvalue weighted by Gasteiger charge is -2.48. The molecule has 2 fully saturated rings. The summed E-state index contributed by atoms with van der Waals surface area (Å²) in [4.78, 5) is 36.6. The van der Waals surface area contributed by atoms with Gasteiger partial charge >= 0.3 is 0 Å². The minimum absolute atomic E-state index is 0.00587. The van der Waals surface area contributed by atoms with Crippen molar-refractivity contribution in [3.63, 3.8) is 0 Å². The highest BCUT2D eigenvalue weighted by atomic mass is 16.2. The predicted molar refractivity (Wildman–Crippen MR) is 104 cm³/mol. The number of aryl methyl sites for hydroxylation is 2. The molecule has 2 saturated heterocycles. The predicted octanol–water partition coefficient (Wildman–Crippen LogP) is 1.54. The molecule has 2 aliphatic rings. The van der Waals surface area contributed by atoms with Crippen LogP contribution in [0, 0.1) is 12.3 Å². The van der Waals surface area contributed by atoms with Crippen molar-refractivity contribution in [2.45, 2.75) is 39.0 Å². The SMILES string of the molecule is Cc1nn(C)cc1C(=O)N1CCCC2(CCC(=O)N(CCc3cnc[nH]3)C2)C1. The van der Waals surface area contributed by atoms with Crippen molar-refractivity contribution >= 4 is 11.8 Å². The summed E-state index contributed by atoms with van der Waals surface area (Å²) in [6.07, 6.45) is 9.53. The number of hydrogen-bond donors (Lipinski definition) is 1. The third-order valence-electron chi connectivity index (χ3n) is 6.15. The summed E-state index contributed by atoms with van der Waals surface area (Å²) in [6.45, 7) is 4.79. The molecule has 2 amide bonds. The molecule has 1 N–H and O–H groups in total. The number of nitrogens with one attached hydrogen (secondary N) is 1. The zero-order valence-electron chi connectivity index (χ0n) is 16.6. The Morgan fingerprint density at radius 3 is 2.89 bits per heavy atom. The van der Waals surface area contributed by atoms with E-state index in [1.165, 1.54) is 0 Å². The van der Waals surface area contributed by atoms with E-state index in [1.807, 2.05) is 23.8 Å². The van der Waals surface area contributed by atoms with Crippen molar-refractivity contribution in [1.29, 1.82) is 0 Å². The van der Waals surface area contributed by atoms with Crippen LogP contribution in [0.15, 0.2) is 18.7 Å². The van der Waals surface area contributed by atoms with E-state index < -0.39 is 0 Å². The molecule has 0 saturated carbocycles. The van der Waals surface area contributed by atoms with Crippen LogP contribution in [0.4, 0.5) is 0 Å². The largest absolute Gasteiger partial charge is 0.348 e. The second kappa shape index (κ2) is 7.41. The molecule has 1 atom stereocenters. The fourth-order valence-corrected chi connectivity index (χ4v) is 4.68. The number of hydrogen-bond acceptors (Lipinski definition) is 4. The summed E-state index contributed by atoms with van der Waals surface area (Å²) in [5, 5.41) is 4.31. The maximum Gasteiger partial charge on any atom is 0.257 e. The molecule has 1 unspecified atom stereocenters. The maximum absolute atomic E-state index is 13.1. The molecule has 0 bridgehead atoms. The number of nitrogens with zero attached hydrogens (tertiary/aromatic N) is 5. The van der Waals surface area contributed by atoms with Gasteiger partial charge in [0, 0.05) is 69.6 Å². The van der Waals surface area contributed by atoms with Crippen LogP contribution in [0.3, 0.4) is 0 Å².